The van der Waals surface area contributed by atoms with Crippen molar-refractivity contribution in [2.24, 2.45) is 0 Å². The first-order chi connectivity index (χ1) is 12.7. The molecule has 2 aromatic heterocycles. The van der Waals surface area contributed by atoms with E-state index in [1.807, 2.05) is 47.1 Å². The van der Waals surface area contributed by atoms with Crippen LogP contribution in [0.3, 0.4) is 0 Å². The number of carbonyl (C=O) groups excluding carboxylic acids is 1. The summed E-state index contributed by atoms with van der Waals surface area (Å²) >= 11 is 0. The molecule has 0 aliphatic carbocycles. The SMILES string of the molecule is CCOC(=O)C1CCc2ccc(OCc3ccc4nccn4c3)cc2O1. The number of carbonyl (C=O) groups is 1. The lowest BCUT2D eigenvalue weighted by Gasteiger charge is -2.25. The molecule has 1 aliphatic rings. The molecule has 0 saturated carbocycles. The smallest absolute Gasteiger partial charge is 0.347 e. The van der Waals surface area contributed by atoms with Crippen molar-refractivity contribution < 1.29 is 19.0 Å². The minimum Gasteiger partial charge on any atom is -0.489 e. The van der Waals surface area contributed by atoms with Gasteiger partial charge in [-0.3, -0.25) is 0 Å². The van der Waals surface area contributed by atoms with Gasteiger partial charge in [0.2, 0.25) is 0 Å². The Morgan fingerprint density at radius 1 is 1.35 bits per heavy atom. The molecule has 0 N–H and O–H groups in total. The van der Waals surface area contributed by atoms with Crippen LogP contribution in [-0.2, 0) is 22.6 Å². The van der Waals surface area contributed by atoms with E-state index in [0.29, 0.717) is 31.1 Å². The van der Waals surface area contributed by atoms with Gasteiger partial charge in [0, 0.05) is 30.2 Å². The van der Waals surface area contributed by atoms with Gasteiger partial charge in [-0.2, -0.15) is 0 Å². The summed E-state index contributed by atoms with van der Waals surface area (Å²) in [5.41, 5.74) is 3.03. The summed E-state index contributed by atoms with van der Waals surface area (Å²) in [5, 5.41) is 0. The highest BCUT2D eigenvalue weighted by Gasteiger charge is 2.27. The van der Waals surface area contributed by atoms with Crippen LogP contribution < -0.4 is 9.47 Å². The summed E-state index contributed by atoms with van der Waals surface area (Å²) in [7, 11) is 0. The molecule has 0 radical (unpaired) electrons. The summed E-state index contributed by atoms with van der Waals surface area (Å²) in [6.45, 7) is 2.59. The Kier molecular flexibility index (Phi) is 4.48. The molecule has 1 aromatic carbocycles. The number of benzene rings is 1. The van der Waals surface area contributed by atoms with Crippen molar-refractivity contribution in [3.05, 3.63) is 60.0 Å². The first kappa shape index (κ1) is 16.4. The van der Waals surface area contributed by atoms with Crippen LogP contribution in [-0.4, -0.2) is 28.1 Å². The number of hydrogen-bond donors (Lipinski definition) is 0. The second kappa shape index (κ2) is 7.07. The number of aryl methyl sites for hydroxylation is 1. The molecule has 1 atom stereocenters. The van der Waals surface area contributed by atoms with E-state index in [1.54, 1.807) is 13.1 Å². The van der Waals surface area contributed by atoms with Crippen LogP contribution in [0.4, 0.5) is 0 Å². The lowest BCUT2D eigenvalue weighted by molar-refractivity contribution is -0.152. The van der Waals surface area contributed by atoms with Crippen LogP contribution in [0.1, 0.15) is 24.5 Å². The van der Waals surface area contributed by atoms with E-state index in [0.717, 1.165) is 23.2 Å². The number of ether oxygens (including phenoxy) is 3. The van der Waals surface area contributed by atoms with Crippen molar-refractivity contribution in [1.29, 1.82) is 0 Å². The molecule has 4 rings (SSSR count). The zero-order valence-electron chi connectivity index (χ0n) is 14.6. The van der Waals surface area contributed by atoms with Crippen LogP contribution in [0, 0.1) is 0 Å². The third kappa shape index (κ3) is 3.35. The number of imidazole rings is 1. The second-order valence-corrected chi connectivity index (χ2v) is 6.19. The van der Waals surface area contributed by atoms with E-state index in [-0.39, 0.29) is 5.97 Å². The lowest BCUT2D eigenvalue weighted by Crippen LogP contribution is -2.32. The molecule has 0 spiro atoms. The third-order valence-corrected chi connectivity index (χ3v) is 4.39. The fourth-order valence-electron chi connectivity index (χ4n) is 3.06. The quantitative estimate of drug-likeness (QED) is 0.660. The van der Waals surface area contributed by atoms with Gasteiger partial charge in [-0.1, -0.05) is 12.1 Å². The van der Waals surface area contributed by atoms with E-state index in [9.17, 15) is 4.79 Å². The summed E-state index contributed by atoms with van der Waals surface area (Å²) in [4.78, 5) is 16.1. The molecule has 1 unspecified atom stereocenters. The maximum absolute atomic E-state index is 11.9. The van der Waals surface area contributed by atoms with Crippen molar-refractivity contribution >= 4 is 11.6 Å². The summed E-state index contributed by atoms with van der Waals surface area (Å²) in [5.74, 6) is 1.09. The van der Waals surface area contributed by atoms with Crippen molar-refractivity contribution in [3.63, 3.8) is 0 Å². The summed E-state index contributed by atoms with van der Waals surface area (Å²) < 4.78 is 18.7. The Bertz CT molecular complexity index is 934. The van der Waals surface area contributed by atoms with Crippen molar-refractivity contribution in [1.82, 2.24) is 9.38 Å². The van der Waals surface area contributed by atoms with Gasteiger partial charge in [0.25, 0.3) is 0 Å². The Hall–Kier alpha value is -3.02. The molecule has 6 nitrogen and oxygen atoms in total. The van der Waals surface area contributed by atoms with Crippen LogP contribution in [0.15, 0.2) is 48.9 Å². The minimum atomic E-state index is -0.540. The fourth-order valence-corrected chi connectivity index (χ4v) is 3.06. The Balaban J connectivity index is 1.45. The van der Waals surface area contributed by atoms with E-state index >= 15 is 0 Å². The van der Waals surface area contributed by atoms with Crippen molar-refractivity contribution in [2.45, 2.75) is 32.5 Å². The molecule has 3 aromatic rings. The molecule has 3 heterocycles. The Morgan fingerprint density at radius 3 is 3.15 bits per heavy atom. The maximum atomic E-state index is 11.9. The largest absolute Gasteiger partial charge is 0.489 e. The monoisotopic (exact) mass is 352 g/mol. The zero-order chi connectivity index (χ0) is 17.9. The molecular weight excluding hydrogens is 332 g/mol. The highest BCUT2D eigenvalue weighted by atomic mass is 16.6. The predicted molar refractivity (Wildman–Crippen MR) is 95.3 cm³/mol. The van der Waals surface area contributed by atoms with Gasteiger partial charge >= 0.3 is 5.97 Å². The Morgan fingerprint density at radius 2 is 2.27 bits per heavy atom. The predicted octanol–water partition coefficient (Wildman–Crippen LogP) is 3.17. The average Bonchev–Trinajstić information content (AvgIpc) is 3.13. The molecule has 0 bridgehead atoms. The number of pyridine rings is 1. The molecule has 1 aliphatic heterocycles. The number of fused-ring (bicyclic) bond motifs is 2. The standard InChI is InChI=1S/C20H20N2O4/c1-2-24-20(23)17-7-5-15-4-6-16(11-18(15)26-17)25-13-14-3-8-19-21-9-10-22(19)12-14/h3-4,6,8-12,17H,2,5,7,13H2,1H3. The van der Waals surface area contributed by atoms with E-state index in [2.05, 4.69) is 4.98 Å². The highest BCUT2D eigenvalue weighted by Crippen LogP contribution is 2.32. The maximum Gasteiger partial charge on any atom is 0.347 e. The second-order valence-electron chi connectivity index (χ2n) is 6.19. The average molecular weight is 352 g/mol. The molecule has 6 heteroatoms. The molecule has 26 heavy (non-hydrogen) atoms. The van der Waals surface area contributed by atoms with Crippen LogP contribution in [0.2, 0.25) is 0 Å². The van der Waals surface area contributed by atoms with Gasteiger partial charge in [-0.05, 0) is 37.5 Å². The van der Waals surface area contributed by atoms with Gasteiger partial charge in [0.15, 0.2) is 6.10 Å². The van der Waals surface area contributed by atoms with Gasteiger partial charge in [-0.15, -0.1) is 0 Å². The fraction of sp³-hybridized carbons (Fsp3) is 0.300. The van der Waals surface area contributed by atoms with Crippen LogP contribution >= 0.6 is 0 Å². The van der Waals surface area contributed by atoms with Gasteiger partial charge in [0.05, 0.1) is 6.61 Å². The lowest BCUT2D eigenvalue weighted by atomic mass is 10.0. The number of nitrogens with zero attached hydrogens (tertiary/aromatic N) is 2. The number of hydrogen-bond acceptors (Lipinski definition) is 5. The first-order valence-electron chi connectivity index (χ1n) is 8.73. The normalized spacial score (nSPS) is 16.0. The molecule has 0 fully saturated rings. The minimum absolute atomic E-state index is 0.307. The topological polar surface area (TPSA) is 62.1 Å². The highest BCUT2D eigenvalue weighted by molar-refractivity contribution is 5.75. The molecule has 0 amide bonds. The van der Waals surface area contributed by atoms with E-state index in [1.165, 1.54) is 0 Å². The molecular formula is C20H20N2O4. The van der Waals surface area contributed by atoms with Crippen LogP contribution in [0.25, 0.3) is 5.65 Å². The number of aromatic nitrogens is 2. The third-order valence-electron chi connectivity index (χ3n) is 4.39. The number of rotatable bonds is 5. The van der Waals surface area contributed by atoms with Crippen molar-refractivity contribution in [3.8, 4) is 11.5 Å². The first-order valence-corrected chi connectivity index (χ1v) is 8.73. The van der Waals surface area contributed by atoms with Gasteiger partial charge in [-0.25, -0.2) is 9.78 Å². The van der Waals surface area contributed by atoms with Gasteiger partial charge < -0.3 is 18.6 Å². The molecule has 134 valence electrons. The van der Waals surface area contributed by atoms with E-state index < -0.39 is 6.10 Å². The van der Waals surface area contributed by atoms with E-state index in [4.69, 9.17) is 14.2 Å². The van der Waals surface area contributed by atoms with Gasteiger partial charge in [0.1, 0.15) is 23.8 Å². The zero-order valence-corrected chi connectivity index (χ0v) is 14.6. The van der Waals surface area contributed by atoms with Crippen LogP contribution in [0.5, 0.6) is 11.5 Å². The van der Waals surface area contributed by atoms with Crippen molar-refractivity contribution in [2.75, 3.05) is 6.61 Å². The number of esters is 1. The Labute approximate surface area is 151 Å². The molecule has 0 saturated heterocycles. The summed E-state index contributed by atoms with van der Waals surface area (Å²) in [6.07, 6.45) is 6.55. The summed E-state index contributed by atoms with van der Waals surface area (Å²) in [6, 6.07) is 9.72.